The SMILES string of the molecule is COC1OC(COS(=O)(=O)c2ccc(Br)cc2)C2OC(C)(C)OC2C1OS(=O)(=O)c1ccc(Br)cc1. The second kappa shape index (κ2) is 10.7. The molecule has 5 unspecified atom stereocenters. The number of hydrogen-bond donors (Lipinski definition) is 0. The van der Waals surface area contributed by atoms with E-state index in [-0.39, 0.29) is 9.79 Å². The number of methoxy groups -OCH3 is 1. The molecule has 2 saturated heterocycles. The predicted octanol–water partition coefficient (Wildman–Crippen LogP) is 3.58. The van der Waals surface area contributed by atoms with E-state index in [0.29, 0.717) is 8.95 Å². The maximum absolute atomic E-state index is 13.0. The largest absolute Gasteiger partial charge is 0.353 e. The molecule has 10 nitrogen and oxygen atoms in total. The Kier molecular flexibility index (Phi) is 8.32. The summed E-state index contributed by atoms with van der Waals surface area (Å²) in [4.78, 5) is -0.103. The van der Waals surface area contributed by atoms with Gasteiger partial charge in [-0.05, 0) is 62.4 Å². The molecule has 2 aliphatic heterocycles. The molecule has 2 heterocycles. The molecular weight excluding hydrogens is 648 g/mol. The van der Waals surface area contributed by atoms with E-state index in [9.17, 15) is 16.8 Å². The van der Waals surface area contributed by atoms with Crippen LogP contribution in [0.1, 0.15) is 13.8 Å². The monoisotopic (exact) mass is 670 g/mol. The summed E-state index contributed by atoms with van der Waals surface area (Å²) >= 11 is 6.52. The van der Waals surface area contributed by atoms with Crippen LogP contribution in [0.3, 0.4) is 0 Å². The number of ether oxygens (including phenoxy) is 4. The molecule has 0 aliphatic carbocycles. The van der Waals surface area contributed by atoms with Crippen LogP contribution in [-0.2, 0) is 47.5 Å². The molecule has 2 aromatic carbocycles. The van der Waals surface area contributed by atoms with E-state index in [0.717, 1.165) is 0 Å². The molecule has 198 valence electrons. The van der Waals surface area contributed by atoms with Crippen LogP contribution < -0.4 is 0 Å². The van der Waals surface area contributed by atoms with Gasteiger partial charge in [0, 0.05) is 16.1 Å². The van der Waals surface area contributed by atoms with Gasteiger partial charge in [0.2, 0.25) is 0 Å². The molecule has 2 aromatic rings. The molecule has 2 aliphatic rings. The van der Waals surface area contributed by atoms with Crippen molar-refractivity contribution >= 4 is 52.1 Å². The van der Waals surface area contributed by atoms with Crippen molar-refractivity contribution in [3.63, 3.8) is 0 Å². The minimum Gasteiger partial charge on any atom is -0.353 e. The fraction of sp³-hybridized carbons (Fsp3) is 0.455. The summed E-state index contributed by atoms with van der Waals surface area (Å²) < 4.78 is 86.7. The van der Waals surface area contributed by atoms with Crippen molar-refractivity contribution in [2.75, 3.05) is 13.7 Å². The van der Waals surface area contributed by atoms with Gasteiger partial charge in [-0.1, -0.05) is 31.9 Å². The van der Waals surface area contributed by atoms with Crippen LogP contribution in [0.2, 0.25) is 0 Å². The Morgan fingerprint density at radius 2 is 1.33 bits per heavy atom. The molecule has 36 heavy (non-hydrogen) atoms. The lowest BCUT2D eigenvalue weighted by Crippen LogP contribution is -2.59. The third-order valence-corrected chi connectivity index (χ3v) is 9.17. The highest BCUT2D eigenvalue weighted by Gasteiger charge is 2.57. The van der Waals surface area contributed by atoms with Crippen LogP contribution in [0.15, 0.2) is 67.3 Å². The van der Waals surface area contributed by atoms with Crippen LogP contribution in [0, 0.1) is 0 Å². The lowest BCUT2D eigenvalue weighted by molar-refractivity contribution is -0.266. The summed E-state index contributed by atoms with van der Waals surface area (Å²) in [5.41, 5.74) is 0. The number of rotatable bonds is 8. The fourth-order valence-corrected chi connectivity index (χ4v) is 6.41. The van der Waals surface area contributed by atoms with Crippen molar-refractivity contribution in [2.24, 2.45) is 0 Å². The van der Waals surface area contributed by atoms with Gasteiger partial charge in [-0.2, -0.15) is 16.8 Å². The van der Waals surface area contributed by atoms with E-state index in [1.165, 1.54) is 31.4 Å². The Balaban J connectivity index is 1.56. The second-order valence-corrected chi connectivity index (χ2v) is 13.5. The molecule has 0 amide bonds. The first-order chi connectivity index (χ1) is 16.8. The molecule has 0 radical (unpaired) electrons. The zero-order chi connectivity index (χ0) is 26.3. The Labute approximate surface area is 226 Å². The lowest BCUT2D eigenvalue weighted by Gasteiger charge is -2.40. The van der Waals surface area contributed by atoms with Crippen molar-refractivity contribution in [1.82, 2.24) is 0 Å². The molecule has 0 aromatic heterocycles. The van der Waals surface area contributed by atoms with Gasteiger partial charge in [0.05, 0.1) is 16.4 Å². The fourth-order valence-electron chi connectivity index (χ4n) is 3.89. The highest BCUT2D eigenvalue weighted by atomic mass is 79.9. The van der Waals surface area contributed by atoms with Gasteiger partial charge in [0.25, 0.3) is 20.2 Å². The summed E-state index contributed by atoms with van der Waals surface area (Å²) in [7, 11) is -7.03. The van der Waals surface area contributed by atoms with E-state index in [1.54, 1.807) is 38.1 Å². The third-order valence-electron chi connectivity index (χ3n) is 5.49. The molecule has 4 rings (SSSR count). The van der Waals surface area contributed by atoms with Crippen molar-refractivity contribution in [2.45, 2.75) is 60.1 Å². The van der Waals surface area contributed by atoms with Gasteiger partial charge in [0.15, 0.2) is 18.2 Å². The minimum atomic E-state index is -4.24. The van der Waals surface area contributed by atoms with E-state index in [2.05, 4.69) is 31.9 Å². The minimum absolute atomic E-state index is 0.0351. The zero-order valence-corrected chi connectivity index (χ0v) is 24.2. The normalized spacial score (nSPS) is 28.1. The summed E-state index contributed by atoms with van der Waals surface area (Å²) in [6.45, 7) is 2.86. The molecule has 5 atom stereocenters. The molecule has 0 saturated carbocycles. The Morgan fingerprint density at radius 3 is 1.86 bits per heavy atom. The number of halogens is 2. The van der Waals surface area contributed by atoms with Gasteiger partial charge in [0.1, 0.15) is 18.3 Å². The first kappa shape index (κ1) is 28.1. The van der Waals surface area contributed by atoms with Gasteiger partial charge < -0.3 is 18.9 Å². The smallest absolute Gasteiger partial charge is 0.297 e. The van der Waals surface area contributed by atoms with Crippen LogP contribution in [0.25, 0.3) is 0 Å². The van der Waals surface area contributed by atoms with Crippen LogP contribution in [0.5, 0.6) is 0 Å². The van der Waals surface area contributed by atoms with Crippen molar-refractivity contribution in [3.8, 4) is 0 Å². The van der Waals surface area contributed by atoms with Crippen LogP contribution >= 0.6 is 31.9 Å². The van der Waals surface area contributed by atoms with Crippen LogP contribution in [0.4, 0.5) is 0 Å². The summed E-state index contributed by atoms with van der Waals surface area (Å²) in [5.74, 6) is -1.13. The maximum Gasteiger partial charge on any atom is 0.297 e. The Bertz CT molecular complexity index is 1280. The Hall–Kier alpha value is -0.940. The summed E-state index contributed by atoms with van der Waals surface area (Å²) in [5, 5.41) is 0. The highest BCUT2D eigenvalue weighted by Crippen LogP contribution is 2.40. The van der Waals surface area contributed by atoms with Gasteiger partial charge >= 0.3 is 0 Å². The number of fused-ring (bicyclic) bond motifs is 1. The topological polar surface area (TPSA) is 124 Å². The van der Waals surface area contributed by atoms with Crippen molar-refractivity contribution < 1.29 is 44.1 Å². The summed E-state index contributed by atoms with van der Waals surface area (Å²) in [6, 6.07) is 11.9. The molecule has 0 spiro atoms. The molecule has 0 N–H and O–H groups in total. The van der Waals surface area contributed by atoms with Crippen LogP contribution in [-0.4, -0.2) is 67.0 Å². The molecule has 0 bridgehead atoms. The van der Waals surface area contributed by atoms with E-state index in [4.69, 9.17) is 27.3 Å². The molecular formula is C22H24Br2O10S2. The predicted molar refractivity (Wildman–Crippen MR) is 133 cm³/mol. The maximum atomic E-state index is 13.0. The Morgan fingerprint density at radius 1 is 0.833 bits per heavy atom. The average molecular weight is 672 g/mol. The number of benzene rings is 2. The van der Waals surface area contributed by atoms with E-state index >= 15 is 0 Å². The first-order valence-electron chi connectivity index (χ1n) is 10.7. The standard InChI is InChI=1S/C22H24Br2O10S2/c1-22(2)32-18-17(12-30-35(25,26)15-8-4-13(23)5-9-15)31-21(29-3)20(19(18)33-22)34-36(27,28)16-10-6-14(24)7-11-16/h4-11,17-21H,12H2,1-3H3. The quantitative estimate of drug-likeness (QED) is 0.385. The van der Waals surface area contributed by atoms with E-state index in [1.807, 2.05) is 0 Å². The average Bonchev–Trinajstić information content (AvgIpc) is 3.14. The summed E-state index contributed by atoms with van der Waals surface area (Å²) in [6.07, 6.45) is -5.31. The number of hydrogen-bond acceptors (Lipinski definition) is 10. The van der Waals surface area contributed by atoms with Gasteiger partial charge in [-0.3, -0.25) is 8.37 Å². The van der Waals surface area contributed by atoms with E-state index < -0.39 is 63.3 Å². The van der Waals surface area contributed by atoms with Crippen molar-refractivity contribution in [1.29, 1.82) is 0 Å². The van der Waals surface area contributed by atoms with Gasteiger partial charge in [-0.15, -0.1) is 0 Å². The third kappa shape index (κ3) is 6.20. The zero-order valence-electron chi connectivity index (χ0n) is 19.4. The van der Waals surface area contributed by atoms with Crippen molar-refractivity contribution in [3.05, 3.63) is 57.5 Å². The first-order valence-corrected chi connectivity index (χ1v) is 15.1. The van der Waals surface area contributed by atoms with Gasteiger partial charge in [-0.25, -0.2) is 0 Å². The second-order valence-electron chi connectivity index (χ2n) is 8.50. The molecule has 2 fully saturated rings. The lowest BCUT2D eigenvalue weighted by atomic mass is 9.99. The molecule has 14 heteroatoms. The highest BCUT2D eigenvalue weighted by molar-refractivity contribution is 9.10.